The zero-order valence-electron chi connectivity index (χ0n) is 13.6. The van der Waals surface area contributed by atoms with Crippen molar-refractivity contribution < 1.29 is 14.4 Å². The maximum absolute atomic E-state index is 11.8. The Morgan fingerprint density at radius 2 is 1.78 bits per heavy atom. The average Bonchev–Trinajstić information content (AvgIpc) is 2.45. The molecule has 23 heavy (non-hydrogen) atoms. The molecule has 0 atom stereocenters. The molecule has 0 aromatic heterocycles. The van der Waals surface area contributed by atoms with Gasteiger partial charge in [-0.15, -0.1) is 0 Å². The number of nitrogens with zero attached hydrogens (tertiary/aromatic N) is 1. The standard InChI is InChI=1S/C16H22N4O3/c1-10-4-5-13(11(2)8-10)18-15(22)6-7-16(23)20-19-12(3)9-14(17)21/h4-5,8H,6-7,9H2,1-3H3,(H2,17,21)(H,18,22)(H,20,23)/b19-12+. The number of benzene rings is 1. The van der Waals surface area contributed by atoms with E-state index in [-0.39, 0.29) is 25.2 Å². The van der Waals surface area contributed by atoms with E-state index in [1.807, 2.05) is 32.0 Å². The minimum absolute atomic E-state index is 0.00406. The fourth-order valence-electron chi connectivity index (χ4n) is 1.90. The van der Waals surface area contributed by atoms with Gasteiger partial charge in [-0.2, -0.15) is 5.10 Å². The van der Waals surface area contributed by atoms with Crippen LogP contribution in [0.25, 0.3) is 0 Å². The molecule has 1 rings (SSSR count). The summed E-state index contributed by atoms with van der Waals surface area (Å²) < 4.78 is 0. The van der Waals surface area contributed by atoms with Crippen LogP contribution in [0.15, 0.2) is 23.3 Å². The molecule has 3 amide bonds. The summed E-state index contributed by atoms with van der Waals surface area (Å²) in [6.07, 6.45) is 0.0289. The number of nitrogens with one attached hydrogen (secondary N) is 2. The molecule has 1 aromatic carbocycles. The number of carbonyl (C=O) groups excluding carboxylic acids is 3. The van der Waals surface area contributed by atoms with Crippen LogP contribution in [0.2, 0.25) is 0 Å². The van der Waals surface area contributed by atoms with Crippen LogP contribution in [-0.2, 0) is 14.4 Å². The normalized spacial score (nSPS) is 11.0. The van der Waals surface area contributed by atoms with Crippen LogP contribution in [0.4, 0.5) is 5.69 Å². The summed E-state index contributed by atoms with van der Waals surface area (Å²) in [5.74, 6) is -1.16. The summed E-state index contributed by atoms with van der Waals surface area (Å²) >= 11 is 0. The highest BCUT2D eigenvalue weighted by molar-refractivity contribution is 5.99. The molecule has 0 aliphatic rings. The van der Waals surface area contributed by atoms with Crippen LogP contribution in [-0.4, -0.2) is 23.4 Å². The average molecular weight is 318 g/mol. The molecule has 0 spiro atoms. The van der Waals surface area contributed by atoms with Gasteiger partial charge in [0.2, 0.25) is 17.7 Å². The minimum Gasteiger partial charge on any atom is -0.369 e. The fraction of sp³-hybridized carbons (Fsp3) is 0.375. The first-order valence-electron chi connectivity index (χ1n) is 7.25. The van der Waals surface area contributed by atoms with Crippen molar-refractivity contribution in [1.29, 1.82) is 0 Å². The maximum Gasteiger partial charge on any atom is 0.240 e. The summed E-state index contributed by atoms with van der Waals surface area (Å²) in [5, 5.41) is 6.50. The maximum atomic E-state index is 11.8. The monoisotopic (exact) mass is 318 g/mol. The second kappa shape index (κ2) is 8.67. The van der Waals surface area contributed by atoms with E-state index in [1.54, 1.807) is 6.92 Å². The Labute approximate surface area is 135 Å². The fourth-order valence-corrected chi connectivity index (χ4v) is 1.90. The third kappa shape index (κ3) is 7.21. The van der Waals surface area contributed by atoms with E-state index in [9.17, 15) is 14.4 Å². The van der Waals surface area contributed by atoms with Crippen LogP contribution in [0.3, 0.4) is 0 Å². The molecule has 7 heteroatoms. The summed E-state index contributed by atoms with van der Waals surface area (Å²) in [5.41, 5.74) is 10.5. The SMILES string of the molecule is C/C(CC(N)=O)=N\NC(=O)CCC(=O)Nc1ccc(C)cc1C. The van der Waals surface area contributed by atoms with Crippen molar-refractivity contribution in [2.24, 2.45) is 10.8 Å². The molecule has 0 aliphatic heterocycles. The molecule has 0 radical (unpaired) electrons. The van der Waals surface area contributed by atoms with Crippen molar-refractivity contribution in [3.8, 4) is 0 Å². The first-order valence-corrected chi connectivity index (χ1v) is 7.25. The van der Waals surface area contributed by atoms with E-state index in [2.05, 4.69) is 15.8 Å². The molecular weight excluding hydrogens is 296 g/mol. The van der Waals surface area contributed by atoms with Crippen molar-refractivity contribution in [2.45, 2.75) is 40.0 Å². The number of rotatable bonds is 7. The number of hydrogen-bond donors (Lipinski definition) is 3. The zero-order chi connectivity index (χ0) is 17.4. The van der Waals surface area contributed by atoms with Gasteiger partial charge >= 0.3 is 0 Å². The number of anilines is 1. The van der Waals surface area contributed by atoms with E-state index in [0.717, 1.165) is 16.8 Å². The van der Waals surface area contributed by atoms with Crippen molar-refractivity contribution in [1.82, 2.24) is 5.43 Å². The van der Waals surface area contributed by atoms with Crippen molar-refractivity contribution in [3.63, 3.8) is 0 Å². The van der Waals surface area contributed by atoms with Gasteiger partial charge in [-0.05, 0) is 32.4 Å². The lowest BCUT2D eigenvalue weighted by atomic mass is 10.1. The first-order chi connectivity index (χ1) is 10.8. The van der Waals surface area contributed by atoms with Crippen molar-refractivity contribution in [2.75, 3.05) is 5.32 Å². The largest absolute Gasteiger partial charge is 0.369 e. The Kier molecular flexibility index (Phi) is 6.92. The van der Waals surface area contributed by atoms with Crippen LogP contribution in [0.5, 0.6) is 0 Å². The van der Waals surface area contributed by atoms with Gasteiger partial charge in [0.1, 0.15) is 0 Å². The van der Waals surface area contributed by atoms with Crippen LogP contribution in [0.1, 0.15) is 37.3 Å². The summed E-state index contributed by atoms with van der Waals surface area (Å²) in [4.78, 5) is 34.1. The molecule has 0 bridgehead atoms. The van der Waals surface area contributed by atoms with Gasteiger partial charge in [0.05, 0.1) is 6.42 Å². The number of primary amides is 1. The molecule has 124 valence electrons. The predicted molar refractivity (Wildman–Crippen MR) is 88.8 cm³/mol. The van der Waals surface area contributed by atoms with Crippen molar-refractivity contribution in [3.05, 3.63) is 29.3 Å². The Morgan fingerprint density at radius 1 is 1.13 bits per heavy atom. The van der Waals surface area contributed by atoms with Crippen LogP contribution in [0, 0.1) is 13.8 Å². The topological polar surface area (TPSA) is 114 Å². The smallest absolute Gasteiger partial charge is 0.240 e. The molecule has 7 nitrogen and oxygen atoms in total. The Bertz CT molecular complexity index is 638. The van der Waals surface area contributed by atoms with E-state index >= 15 is 0 Å². The van der Waals surface area contributed by atoms with E-state index in [4.69, 9.17) is 5.73 Å². The number of amides is 3. The van der Waals surface area contributed by atoms with Gasteiger partial charge in [0.25, 0.3) is 0 Å². The Morgan fingerprint density at radius 3 is 2.39 bits per heavy atom. The number of nitrogens with two attached hydrogens (primary N) is 1. The molecule has 0 aliphatic carbocycles. The lowest BCUT2D eigenvalue weighted by molar-refractivity contribution is -0.124. The first kappa shape index (κ1) is 18.3. The summed E-state index contributed by atoms with van der Waals surface area (Å²) in [7, 11) is 0. The van der Waals surface area contributed by atoms with E-state index in [0.29, 0.717) is 5.71 Å². The molecule has 0 unspecified atom stereocenters. The van der Waals surface area contributed by atoms with Crippen LogP contribution >= 0.6 is 0 Å². The second-order valence-corrected chi connectivity index (χ2v) is 5.39. The molecule has 0 saturated heterocycles. The lowest BCUT2D eigenvalue weighted by Crippen LogP contribution is -2.23. The lowest BCUT2D eigenvalue weighted by Gasteiger charge is -2.09. The molecule has 4 N–H and O–H groups in total. The van der Waals surface area contributed by atoms with Gasteiger partial charge in [-0.1, -0.05) is 17.7 Å². The number of hydrazone groups is 1. The Balaban J connectivity index is 2.41. The molecule has 0 heterocycles. The highest BCUT2D eigenvalue weighted by Crippen LogP contribution is 2.16. The summed E-state index contributed by atoms with van der Waals surface area (Å²) in [6.45, 7) is 5.47. The van der Waals surface area contributed by atoms with E-state index in [1.165, 1.54) is 0 Å². The van der Waals surface area contributed by atoms with Gasteiger partial charge in [0, 0.05) is 24.2 Å². The summed E-state index contributed by atoms with van der Waals surface area (Å²) in [6, 6.07) is 5.71. The Hall–Kier alpha value is -2.70. The van der Waals surface area contributed by atoms with Gasteiger partial charge < -0.3 is 11.1 Å². The molecule has 1 aromatic rings. The molecule has 0 saturated carbocycles. The number of hydrogen-bond acceptors (Lipinski definition) is 4. The second-order valence-electron chi connectivity index (χ2n) is 5.39. The van der Waals surface area contributed by atoms with E-state index < -0.39 is 11.8 Å². The number of carbonyl (C=O) groups is 3. The minimum atomic E-state index is -0.520. The quantitative estimate of drug-likeness (QED) is 0.521. The zero-order valence-corrected chi connectivity index (χ0v) is 13.6. The highest BCUT2D eigenvalue weighted by atomic mass is 16.2. The highest BCUT2D eigenvalue weighted by Gasteiger charge is 2.08. The molecule has 0 fully saturated rings. The third-order valence-corrected chi connectivity index (χ3v) is 3.04. The number of aryl methyl sites for hydroxylation is 2. The van der Waals surface area contributed by atoms with Gasteiger partial charge in [-0.25, -0.2) is 5.43 Å². The van der Waals surface area contributed by atoms with Crippen LogP contribution < -0.4 is 16.5 Å². The predicted octanol–water partition coefficient (Wildman–Crippen LogP) is 1.39. The van der Waals surface area contributed by atoms with Crippen molar-refractivity contribution >= 4 is 29.1 Å². The third-order valence-electron chi connectivity index (χ3n) is 3.04. The molecular formula is C16H22N4O3. The van der Waals surface area contributed by atoms with Gasteiger partial charge in [-0.3, -0.25) is 14.4 Å². The van der Waals surface area contributed by atoms with Gasteiger partial charge in [0.15, 0.2) is 0 Å².